The molecule has 1 unspecified atom stereocenters. The lowest BCUT2D eigenvalue weighted by atomic mass is 9.97. The fourth-order valence-corrected chi connectivity index (χ4v) is 16.5. The molecule has 75 heavy (non-hydrogen) atoms. The van der Waals surface area contributed by atoms with Crippen molar-refractivity contribution < 1.29 is 33.0 Å². The molecule has 3 N–H and O–H groups in total. The van der Waals surface area contributed by atoms with E-state index in [1.165, 1.54) is 12.3 Å². The summed E-state index contributed by atoms with van der Waals surface area (Å²) in [4.78, 5) is 33.0. The van der Waals surface area contributed by atoms with Crippen molar-refractivity contribution in [1.29, 1.82) is 0 Å². The number of rotatable bonds is 18. The number of nitro groups is 1. The van der Waals surface area contributed by atoms with Crippen LogP contribution in [0.4, 0.5) is 22.7 Å². The van der Waals surface area contributed by atoms with Crippen LogP contribution < -0.4 is 20.4 Å². The third kappa shape index (κ3) is 11.7. The van der Waals surface area contributed by atoms with E-state index in [2.05, 4.69) is 50.6 Å². The van der Waals surface area contributed by atoms with Gasteiger partial charge in [0.05, 0.1) is 27.1 Å². The summed E-state index contributed by atoms with van der Waals surface area (Å²) < 4.78 is 44.5. The monoisotopic (exact) mass is 1090 g/mol. The van der Waals surface area contributed by atoms with Crippen molar-refractivity contribution in [3.05, 3.63) is 148 Å². The Morgan fingerprint density at radius 2 is 1.51 bits per heavy atom. The molecule has 0 aliphatic carbocycles. The number of aromatic nitrogens is 1. The number of carboxylic acid groups (broad SMARTS) is 1. The van der Waals surface area contributed by atoms with Gasteiger partial charge in [-0.05, 0) is 137 Å². The largest absolute Gasteiger partial charge is 0.481 e. The zero-order chi connectivity index (χ0) is 53.2. The minimum absolute atomic E-state index is 0.0117. The normalized spacial score (nSPS) is 19.4. The first-order chi connectivity index (χ1) is 35.9. The highest BCUT2D eigenvalue weighted by atomic mass is 35.5. The molecule has 396 valence electrons. The van der Waals surface area contributed by atoms with Gasteiger partial charge in [-0.15, -0.1) is 16.6 Å². The molecule has 0 saturated carbocycles. The van der Waals surface area contributed by atoms with Crippen LogP contribution in [0.1, 0.15) is 62.5 Å². The molecule has 0 amide bonds. The van der Waals surface area contributed by atoms with E-state index in [-0.39, 0.29) is 35.5 Å². The Hall–Kier alpha value is -5.65. The number of piperazine rings is 1. The lowest BCUT2D eigenvalue weighted by Crippen LogP contribution is -2.46. The molecule has 5 aromatic carbocycles. The molecule has 1 aromatic heterocycles. The van der Waals surface area contributed by atoms with Crippen molar-refractivity contribution in [2.24, 2.45) is 5.92 Å². The number of aliphatic carboxylic acids is 1. The van der Waals surface area contributed by atoms with Gasteiger partial charge in [-0.2, -0.15) is 0 Å². The van der Waals surface area contributed by atoms with Gasteiger partial charge in [-0.25, -0.2) is 8.42 Å². The number of carboxylic acids is 1. The van der Waals surface area contributed by atoms with E-state index in [0.717, 1.165) is 43.5 Å². The number of likely N-dealkylation sites (tertiary alicyclic amines) is 1. The maximum Gasteiger partial charge on any atom is 0.306 e. The standard InChI is InChI=1S/C56H65ClN7O8PS2/c1-38(2)63-39(3)55(75(4,71)72)53(54(63)41-13-17-44(57)18-14-41)43-9-8-10-47(35-43)61-33-31-60(32-34-61)46-19-15-40(16-20-46)52-26-30-62(67)73(52,70)48-21-22-50(51(36-48)64(68)69)58-45(37-74-49-11-6-5-7-12-49)25-29-59-27-23-42(24-28-59)56(65)66/h5-22,35-36,38,42,45,52,58,67H,23-34,37H2,1-4H3,(H,65,66)/t45-,52+,73?/m0/s1. The Bertz CT molecular complexity index is 3180. The second kappa shape index (κ2) is 22.9. The molecule has 3 aliphatic rings. The summed E-state index contributed by atoms with van der Waals surface area (Å²) in [5.41, 5.74) is 6.13. The van der Waals surface area contributed by atoms with E-state index >= 15 is 4.57 Å². The second-order valence-electron chi connectivity index (χ2n) is 20.2. The van der Waals surface area contributed by atoms with Crippen LogP contribution in [-0.2, 0) is 19.2 Å². The van der Waals surface area contributed by atoms with Crippen molar-refractivity contribution in [3.8, 4) is 22.4 Å². The van der Waals surface area contributed by atoms with Gasteiger partial charge in [0, 0.05) is 107 Å². The number of anilines is 3. The third-order valence-corrected chi connectivity index (χ3v) is 21.0. The fourth-order valence-electron chi connectivity index (χ4n) is 11.2. The summed E-state index contributed by atoms with van der Waals surface area (Å²) in [6, 6.07) is 37.9. The van der Waals surface area contributed by atoms with Gasteiger partial charge >= 0.3 is 5.97 Å². The molecule has 4 heterocycles. The van der Waals surface area contributed by atoms with Gasteiger partial charge in [0.2, 0.25) is 7.29 Å². The highest BCUT2D eigenvalue weighted by Gasteiger charge is 2.47. The van der Waals surface area contributed by atoms with Gasteiger partial charge in [0.1, 0.15) is 5.69 Å². The first kappa shape index (κ1) is 54.2. The number of hydrogen-bond acceptors (Lipinski definition) is 12. The molecule has 0 spiro atoms. The average Bonchev–Trinajstić information content (AvgIpc) is 3.90. The molecule has 0 radical (unpaired) electrons. The molecule has 19 heteroatoms. The van der Waals surface area contributed by atoms with E-state index in [9.17, 15) is 33.6 Å². The lowest BCUT2D eigenvalue weighted by molar-refractivity contribution is -0.383. The zero-order valence-electron chi connectivity index (χ0n) is 42.7. The molecule has 3 aliphatic heterocycles. The van der Waals surface area contributed by atoms with E-state index in [1.54, 1.807) is 23.9 Å². The molecule has 0 bridgehead atoms. The predicted octanol–water partition coefficient (Wildman–Crippen LogP) is 11.5. The smallest absolute Gasteiger partial charge is 0.306 e. The number of piperidine rings is 1. The molecule has 6 aromatic rings. The van der Waals surface area contributed by atoms with Crippen molar-refractivity contribution in [1.82, 2.24) is 14.3 Å². The zero-order valence-corrected chi connectivity index (χ0v) is 46.0. The van der Waals surface area contributed by atoms with Gasteiger partial charge in [-0.1, -0.05) is 66.2 Å². The van der Waals surface area contributed by atoms with Crippen LogP contribution in [0.25, 0.3) is 22.4 Å². The van der Waals surface area contributed by atoms with Crippen LogP contribution >= 0.6 is 30.7 Å². The summed E-state index contributed by atoms with van der Waals surface area (Å²) in [5, 5.41) is 37.9. The van der Waals surface area contributed by atoms with Crippen molar-refractivity contribution in [2.45, 2.75) is 74.0 Å². The Morgan fingerprint density at radius 3 is 2.13 bits per heavy atom. The highest BCUT2D eigenvalue weighted by Crippen LogP contribution is 2.66. The van der Waals surface area contributed by atoms with Crippen molar-refractivity contribution in [3.63, 3.8) is 0 Å². The summed E-state index contributed by atoms with van der Waals surface area (Å²) in [5.74, 6) is -0.475. The number of nitrogens with zero attached hydrogens (tertiary/aromatic N) is 6. The predicted molar refractivity (Wildman–Crippen MR) is 302 cm³/mol. The van der Waals surface area contributed by atoms with Gasteiger partial charge in [0.25, 0.3) is 5.69 Å². The van der Waals surface area contributed by atoms with E-state index < -0.39 is 33.7 Å². The van der Waals surface area contributed by atoms with Crippen LogP contribution in [0.15, 0.2) is 131 Å². The molecule has 9 rings (SSSR count). The highest BCUT2D eigenvalue weighted by molar-refractivity contribution is 7.99. The van der Waals surface area contributed by atoms with Crippen molar-refractivity contribution >= 4 is 74.5 Å². The number of carbonyl (C=O) groups is 1. The summed E-state index contributed by atoms with van der Waals surface area (Å²) >= 11 is 7.95. The number of thioether (sulfide) groups is 1. The first-order valence-corrected chi connectivity index (χ1v) is 30.5. The summed E-state index contributed by atoms with van der Waals surface area (Å²) in [6.07, 6.45) is 3.51. The minimum atomic E-state index is -3.78. The van der Waals surface area contributed by atoms with Crippen LogP contribution in [0.3, 0.4) is 0 Å². The lowest BCUT2D eigenvalue weighted by Gasteiger charge is -2.37. The Kier molecular flexibility index (Phi) is 16.5. The van der Waals surface area contributed by atoms with Crippen LogP contribution in [0.5, 0.6) is 0 Å². The van der Waals surface area contributed by atoms with Crippen LogP contribution in [0.2, 0.25) is 5.02 Å². The number of nitrogens with one attached hydrogen (secondary N) is 1. The SMILES string of the molecule is Cc1c(S(C)(=O)=O)c(-c2cccc(N3CCN(c4ccc([C@H]5CCN(O)P5(=O)c5ccc(N[C@@H](CCN6CCC(C(=O)O)CC6)CSc6ccccc6)c([N+](=O)[O-])c5)cc4)CC3)c2)c(-c2ccc(Cl)cc2)n1C(C)C. The summed E-state index contributed by atoms with van der Waals surface area (Å²) in [6.45, 7) is 11.0. The molecular weight excluding hydrogens is 1030 g/mol. The average molecular weight is 1090 g/mol. The quantitative estimate of drug-likeness (QED) is 0.0320. The van der Waals surface area contributed by atoms with Crippen LogP contribution in [0, 0.1) is 23.0 Å². The third-order valence-electron chi connectivity index (χ3n) is 15.0. The van der Waals surface area contributed by atoms with E-state index in [0.29, 0.717) is 104 Å². The van der Waals surface area contributed by atoms with Crippen LogP contribution in [-0.4, -0.2) is 114 Å². The second-order valence-corrected chi connectivity index (χ2v) is 26.5. The molecule has 15 nitrogen and oxygen atoms in total. The fraction of sp³-hybridized carbons (Fsp3) is 0.375. The number of hydroxylamine groups is 1. The molecule has 3 atom stereocenters. The maximum absolute atomic E-state index is 15.2. The molecule has 3 saturated heterocycles. The topological polar surface area (TPSA) is 182 Å². The number of hydrogen-bond donors (Lipinski definition) is 3. The number of halogens is 1. The Morgan fingerprint density at radius 1 is 0.840 bits per heavy atom. The number of sulfone groups is 1. The Labute approximate surface area is 448 Å². The summed E-state index contributed by atoms with van der Waals surface area (Å²) in [7, 11) is -7.41. The van der Waals surface area contributed by atoms with Gasteiger partial charge in [0.15, 0.2) is 9.84 Å². The molecule has 3 fully saturated rings. The maximum atomic E-state index is 15.2. The first-order valence-electron chi connectivity index (χ1n) is 25.6. The minimum Gasteiger partial charge on any atom is -0.481 e. The molecular formula is C56H65ClN7O8PS2. The van der Waals surface area contributed by atoms with Gasteiger partial charge < -0.3 is 34.9 Å². The Balaban J connectivity index is 0.899. The van der Waals surface area contributed by atoms with Gasteiger partial charge in [-0.3, -0.25) is 19.5 Å². The van der Waals surface area contributed by atoms with E-state index in [4.69, 9.17) is 11.6 Å². The number of benzene rings is 5. The van der Waals surface area contributed by atoms with Crippen molar-refractivity contribution in [2.75, 3.05) is 79.5 Å². The van der Waals surface area contributed by atoms with E-state index in [1.807, 2.05) is 97.9 Å². The number of nitro benzene ring substituents is 1.